The van der Waals surface area contributed by atoms with Crippen LogP contribution < -0.4 is 10.2 Å². The van der Waals surface area contributed by atoms with Gasteiger partial charge in [0.05, 0.1) is 16.7 Å². The number of amides is 2. The zero-order valence-corrected chi connectivity index (χ0v) is 12.3. The first-order valence-electron chi connectivity index (χ1n) is 6.15. The van der Waals surface area contributed by atoms with Gasteiger partial charge in [0, 0.05) is 12.7 Å². The Bertz CT molecular complexity index is 638. The van der Waals surface area contributed by atoms with Crippen molar-refractivity contribution in [2.75, 3.05) is 11.4 Å². The molecule has 0 radical (unpaired) electrons. The first-order chi connectivity index (χ1) is 9.08. The third-order valence-corrected chi connectivity index (χ3v) is 3.90. The summed E-state index contributed by atoms with van der Waals surface area (Å²) in [6, 6.07) is 1.85. The van der Waals surface area contributed by atoms with Crippen molar-refractivity contribution in [3.8, 4) is 0 Å². The van der Waals surface area contributed by atoms with Crippen LogP contribution in [0.4, 0.5) is 10.6 Å². The van der Waals surface area contributed by atoms with E-state index in [0.29, 0.717) is 23.9 Å². The second kappa shape index (κ2) is 4.48. The second-order valence-electron chi connectivity index (χ2n) is 4.91. The number of fused-ring (bicyclic) bond motifs is 1. The molecule has 0 aliphatic carbocycles. The van der Waals surface area contributed by atoms with Crippen molar-refractivity contribution < 1.29 is 4.79 Å². The highest BCUT2D eigenvalue weighted by Gasteiger charge is 2.34. The van der Waals surface area contributed by atoms with Crippen molar-refractivity contribution in [3.63, 3.8) is 0 Å². The SMILES string of the molecule is CC(C)[C@H]1CNC(=O)N1c1ccn2ncc(Br)c2n1. The van der Waals surface area contributed by atoms with Crippen LogP contribution in [0.2, 0.25) is 0 Å². The monoisotopic (exact) mass is 323 g/mol. The number of carbonyl (C=O) groups is 1. The van der Waals surface area contributed by atoms with Crippen LogP contribution in [-0.2, 0) is 0 Å². The Kier molecular flexibility index (Phi) is 2.93. The van der Waals surface area contributed by atoms with Crippen LogP contribution in [0.1, 0.15) is 13.8 Å². The molecule has 7 heteroatoms. The molecule has 1 fully saturated rings. The van der Waals surface area contributed by atoms with Gasteiger partial charge in [-0.05, 0) is 27.9 Å². The molecule has 0 spiro atoms. The van der Waals surface area contributed by atoms with Gasteiger partial charge in [0.25, 0.3) is 0 Å². The van der Waals surface area contributed by atoms with Gasteiger partial charge in [-0.1, -0.05) is 13.8 Å². The maximum atomic E-state index is 12.0. The van der Waals surface area contributed by atoms with E-state index in [1.807, 2.05) is 12.3 Å². The van der Waals surface area contributed by atoms with Gasteiger partial charge >= 0.3 is 6.03 Å². The summed E-state index contributed by atoms with van der Waals surface area (Å²) < 4.78 is 2.49. The molecule has 0 bridgehead atoms. The van der Waals surface area contributed by atoms with E-state index in [1.54, 1.807) is 15.6 Å². The number of nitrogens with zero attached hydrogens (tertiary/aromatic N) is 4. The molecule has 2 aromatic heterocycles. The van der Waals surface area contributed by atoms with E-state index in [4.69, 9.17) is 0 Å². The summed E-state index contributed by atoms with van der Waals surface area (Å²) in [4.78, 5) is 18.2. The molecule has 1 saturated heterocycles. The van der Waals surface area contributed by atoms with Crippen molar-refractivity contribution in [2.45, 2.75) is 19.9 Å². The fraction of sp³-hybridized carbons (Fsp3) is 0.417. The number of halogens is 1. The van der Waals surface area contributed by atoms with Gasteiger partial charge in [0.2, 0.25) is 0 Å². The van der Waals surface area contributed by atoms with E-state index in [-0.39, 0.29) is 12.1 Å². The summed E-state index contributed by atoms with van der Waals surface area (Å²) in [5, 5.41) is 7.02. The molecule has 0 aromatic carbocycles. The lowest BCUT2D eigenvalue weighted by Crippen LogP contribution is -2.38. The topological polar surface area (TPSA) is 62.5 Å². The number of hydrogen-bond donors (Lipinski definition) is 1. The first-order valence-corrected chi connectivity index (χ1v) is 6.94. The second-order valence-corrected chi connectivity index (χ2v) is 5.77. The normalized spacial score (nSPS) is 19.5. The van der Waals surface area contributed by atoms with Crippen LogP contribution in [0.15, 0.2) is 22.9 Å². The molecule has 6 nitrogen and oxygen atoms in total. The molecule has 3 rings (SSSR count). The number of rotatable bonds is 2. The van der Waals surface area contributed by atoms with Gasteiger partial charge in [0.1, 0.15) is 5.82 Å². The lowest BCUT2D eigenvalue weighted by Gasteiger charge is -2.24. The Labute approximate surface area is 118 Å². The van der Waals surface area contributed by atoms with Crippen molar-refractivity contribution in [3.05, 3.63) is 22.9 Å². The third kappa shape index (κ3) is 1.98. The zero-order chi connectivity index (χ0) is 13.6. The summed E-state index contributed by atoms with van der Waals surface area (Å²) >= 11 is 3.40. The third-order valence-electron chi connectivity index (χ3n) is 3.34. The molecule has 2 amide bonds. The minimum Gasteiger partial charge on any atom is -0.336 e. The summed E-state index contributed by atoms with van der Waals surface area (Å²) in [7, 11) is 0. The zero-order valence-electron chi connectivity index (χ0n) is 10.7. The van der Waals surface area contributed by atoms with Crippen molar-refractivity contribution in [2.24, 2.45) is 5.92 Å². The van der Waals surface area contributed by atoms with Gasteiger partial charge in [-0.25, -0.2) is 14.3 Å². The minimum atomic E-state index is -0.0915. The average molecular weight is 324 g/mol. The molecule has 0 unspecified atom stereocenters. The molecule has 1 N–H and O–H groups in total. The molecule has 3 heterocycles. The van der Waals surface area contributed by atoms with E-state index in [2.05, 4.69) is 45.2 Å². The average Bonchev–Trinajstić information content (AvgIpc) is 2.93. The maximum Gasteiger partial charge on any atom is 0.323 e. The molecule has 1 aliphatic heterocycles. The maximum absolute atomic E-state index is 12.0. The summed E-state index contributed by atoms with van der Waals surface area (Å²) in [6.45, 7) is 4.86. The van der Waals surface area contributed by atoms with Gasteiger partial charge in [-0.3, -0.25) is 4.90 Å². The van der Waals surface area contributed by atoms with Crippen LogP contribution in [0, 0.1) is 5.92 Å². The number of carbonyl (C=O) groups excluding carboxylic acids is 1. The van der Waals surface area contributed by atoms with E-state index < -0.39 is 0 Å². The fourth-order valence-corrected chi connectivity index (χ4v) is 2.65. The number of urea groups is 1. The molecule has 1 aliphatic rings. The smallest absolute Gasteiger partial charge is 0.323 e. The van der Waals surface area contributed by atoms with Gasteiger partial charge in [-0.15, -0.1) is 0 Å². The van der Waals surface area contributed by atoms with Crippen LogP contribution in [0.25, 0.3) is 5.65 Å². The number of aromatic nitrogens is 3. The van der Waals surface area contributed by atoms with E-state index in [9.17, 15) is 4.79 Å². The Morgan fingerprint density at radius 3 is 3.05 bits per heavy atom. The number of anilines is 1. The number of hydrogen-bond acceptors (Lipinski definition) is 3. The molecular weight excluding hydrogens is 310 g/mol. The Morgan fingerprint density at radius 1 is 1.53 bits per heavy atom. The number of nitrogens with one attached hydrogen (secondary N) is 1. The van der Waals surface area contributed by atoms with Crippen LogP contribution >= 0.6 is 15.9 Å². The van der Waals surface area contributed by atoms with Crippen molar-refractivity contribution in [1.82, 2.24) is 19.9 Å². The molecule has 19 heavy (non-hydrogen) atoms. The quantitative estimate of drug-likeness (QED) is 0.920. The predicted octanol–water partition coefficient (Wildman–Crippen LogP) is 2.05. The minimum absolute atomic E-state index is 0.0915. The predicted molar refractivity (Wildman–Crippen MR) is 75.2 cm³/mol. The largest absolute Gasteiger partial charge is 0.336 e. The summed E-state index contributed by atoms with van der Waals surface area (Å²) in [6.07, 6.45) is 3.50. The van der Waals surface area contributed by atoms with Crippen molar-refractivity contribution in [1.29, 1.82) is 0 Å². The highest BCUT2D eigenvalue weighted by atomic mass is 79.9. The first kappa shape index (κ1) is 12.4. The Morgan fingerprint density at radius 2 is 2.32 bits per heavy atom. The fourth-order valence-electron chi connectivity index (χ4n) is 2.29. The molecule has 2 aromatic rings. The highest BCUT2D eigenvalue weighted by molar-refractivity contribution is 9.10. The molecule has 1 atom stereocenters. The molecular formula is C12H14BrN5O. The van der Waals surface area contributed by atoms with Gasteiger partial charge in [-0.2, -0.15) is 5.10 Å². The lowest BCUT2D eigenvalue weighted by atomic mass is 10.0. The summed E-state index contributed by atoms with van der Waals surface area (Å²) in [5.74, 6) is 1.02. The Hall–Kier alpha value is -1.63. The standard InChI is InChI=1S/C12H14BrN5O/c1-7(2)9-6-14-12(19)18(9)10-3-4-17-11(16-10)8(13)5-15-17/h3-5,7,9H,6H2,1-2H3,(H,14,19)/t9-/m1/s1. The van der Waals surface area contributed by atoms with E-state index in [0.717, 1.165) is 4.47 Å². The van der Waals surface area contributed by atoms with Crippen LogP contribution in [0.3, 0.4) is 0 Å². The van der Waals surface area contributed by atoms with Gasteiger partial charge in [0.15, 0.2) is 5.65 Å². The summed E-state index contributed by atoms with van der Waals surface area (Å²) in [5.41, 5.74) is 0.708. The molecule has 100 valence electrons. The van der Waals surface area contributed by atoms with Gasteiger partial charge < -0.3 is 5.32 Å². The van der Waals surface area contributed by atoms with Crippen LogP contribution in [-0.4, -0.2) is 33.2 Å². The highest BCUT2D eigenvalue weighted by Crippen LogP contribution is 2.24. The Balaban J connectivity index is 2.06. The van der Waals surface area contributed by atoms with Crippen LogP contribution in [0.5, 0.6) is 0 Å². The van der Waals surface area contributed by atoms with E-state index >= 15 is 0 Å². The molecule has 0 saturated carbocycles. The van der Waals surface area contributed by atoms with E-state index in [1.165, 1.54) is 0 Å². The van der Waals surface area contributed by atoms with Crippen molar-refractivity contribution >= 4 is 33.4 Å². The lowest BCUT2D eigenvalue weighted by molar-refractivity contribution is 0.251.